The zero-order valence-electron chi connectivity index (χ0n) is 15.9. The third-order valence-corrected chi connectivity index (χ3v) is 4.63. The molecule has 2 aromatic carbocycles. The summed E-state index contributed by atoms with van der Waals surface area (Å²) >= 11 is 5.81. The van der Waals surface area contributed by atoms with Crippen molar-refractivity contribution in [2.75, 3.05) is 6.61 Å². The van der Waals surface area contributed by atoms with Crippen LogP contribution in [0.4, 0.5) is 10.1 Å². The number of halogens is 2. The van der Waals surface area contributed by atoms with Gasteiger partial charge in [0.1, 0.15) is 5.82 Å². The Morgan fingerprint density at radius 1 is 1.21 bits per heavy atom. The van der Waals surface area contributed by atoms with E-state index in [9.17, 15) is 9.18 Å². The van der Waals surface area contributed by atoms with Crippen molar-refractivity contribution >= 4 is 29.5 Å². The molecule has 0 aliphatic heterocycles. The quantitative estimate of drug-likeness (QED) is 0.402. The molecule has 1 aromatic heterocycles. The fraction of sp³-hybridized carbons (Fsp3) is 0.182. The Balaban J connectivity index is 1.94. The number of esters is 1. The van der Waals surface area contributed by atoms with Gasteiger partial charge in [-0.3, -0.25) is 4.99 Å². The van der Waals surface area contributed by atoms with E-state index in [1.165, 1.54) is 12.1 Å². The highest BCUT2D eigenvalue weighted by Gasteiger charge is 2.12. The Kier molecular flexibility index (Phi) is 5.95. The molecule has 6 heteroatoms. The molecule has 0 amide bonds. The van der Waals surface area contributed by atoms with Crippen molar-refractivity contribution < 1.29 is 13.9 Å². The van der Waals surface area contributed by atoms with E-state index in [2.05, 4.69) is 4.99 Å². The van der Waals surface area contributed by atoms with E-state index in [0.717, 1.165) is 22.6 Å². The van der Waals surface area contributed by atoms with Crippen molar-refractivity contribution in [1.82, 2.24) is 4.57 Å². The van der Waals surface area contributed by atoms with Crippen LogP contribution in [0.2, 0.25) is 5.02 Å². The summed E-state index contributed by atoms with van der Waals surface area (Å²) in [6.07, 6.45) is 1.72. The molecule has 0 aliphatic carbocycles. The highest BCUT2D eigenvalue weighted by atomic mass is 35.5. The summed E-state index contributed by atoms with van der Waals surface area (Å²) in [6, 6.07) is 13.6. The Morgan fingerprint density at radius 2 is 2.00 bits per heavy atom. The van der Waals surface area contributed by atoms with E-state index < -0.39 is 5.82 Å². The number of carbonyl (C=O) groups excluding carboxylic acids is 1. The van der Waals surface area contributed by atoms with Gasteiger partial charge in [0, 0.05) is 28.9 Å². The number of aliphatic imine (C=N–C) groups is 1. The van der Waals surface area contributed by atoms with Gasteiger partial charge in [-0.1, -0.05) is 17.7 Å². The van der Waals surface area contributed by atoms with Crippen LogP contribution < -0.4 is 0 Å². The van der Waals surface area contributed by atoms with Crippen LogP contribution in [0.15, 0.2) is 53.5 Å². The highest BCUT2D eigenvalue weighted by Crippen LogP contribution is 2.24. The average molecular weight is 399 g/mol. The van der Waals surface area contributed by atoms with Crippen LogP contribution in [0.1, 0.15) is 34.2 Å². The number of benzene rings is 2. The monoisotopic (exact) mass is 398 g/mol. The van der Waals surface area contributed by atoms with Gasteiger partial charge in [0.05, 0.1) is 22.9 Å². The minimum atomic E-state index is -0.472. The Morgan fingerprint density at radius 3 is 2.71 bits per heavy atom. The van der Waals surface area contributed by atoms with E-state index in [-0.39, 0.29) is 11.0 Å². The second-order valence-electron chi connectivity index (χ2n) is 6.29. The number of aromatic nitrogens is 1. The lowest BCUT2D eigenvalue weighted by molar-refractivity contribution is 0.0526. The van der Waals surface area contributed by atoms with Crippen LogP contribution in [0, 0.1) is 19.7 Å². The molecule has 0 aliphatic rings. The van der Waals surface area contributed by atoms with Crippen LogP contribution in [-0.2, 0) is 4.74 Å². The molecule has 0 unspecified atom stereocenters. The maximum Gasteiger partial charge on any atom is 0.338 e. The number of rotatable bonds is 5. The van der Waals surface area contributed by atoms with Gasteiger partial charge in [0.15, 0.2) is 0 Å². The fourth-order valence-corrected chi connectivity index (χ4v) is 3.19. The summed E-state index contributed by atoms with van der Waals surface area (Å²) in [5.41, 5.74) is 4.82. The van der Waals surface area contributed by atoms with Crippen molar-refractivity contribution in [2.45, 2.75) is 20.8 Å². The van der Waals surface area contributed by atoms with Gasteiger partial charge in [-0.05, 0) is 63.2 Å². The molecule has 3 rings (SSSR count). The first-order chi connectivity index (χ1) is 13.4. The van der Waals surface area contributed by atoms with Crippen LogP contribution in [-0.4, -0.2) is 23.4 Å². The molecule has 0 atom stereocenters. The number of carbonyl (C=O) groups is 1. The van der Waals surface area contributed by atoms with Crippen molar-refractivity contribution in [3.63, 3.8) is 0 Å². The van der Waals surface area contributed by atoms with Gasteiger partial charge in [-0.2, -0.15) is 0 Å². The summed E-state index contributed by atoms with van der Waals surface area (Å²) in [7, 11) is 0. The molecule has 0 radical (unpaired) electrons. The standard InChI is InChI=1S/C22H20ClFN2O2/c1-4-28-22(27)16-6-5-7-19(11-16)26-14(2)10-17(15(26)3)13-25-18-8-9-21(24)20(23)12-18/h5-13H,4H2,1-3H3. The zero-order chi connectivity index (χ0) is 20.3. The molecule has 1 heterocycles. The SMILES string of the molecule is CCOC(=O)c1cccc(-n2c(C)cc(C=Nc3ccc(F)c(Cl)c3)c2C)c1. The Bertz CT molecular complexity index is 1060. The van der Waals surface area contributed by atoms with E-state index >= 15 is 0 Å². The van der Waals surface area contributed by atoms with E-state index in [4.69, 9.17) is 16.3 Å². The van der Waals surface area contributed by atoms with Gasteiger partial charge in [-0.25, -0.2) is 9.18 Å². The largest absolute Gasteiger partial charge is 0.462 e. The molecule has 0 N–H and O–H groups in total. The lowest BCUT2D eigenvalue weighted by Gasteiger charge is -2.11. The second kappa shape index (κ2) is 8.40. The fourth-order valence-electron chi connectivity index (χ4n) is 3.01. The predicted molar refractivity (Wildman–Crippen MR) is 110 cm³/mol. The first kappa shape index (κ1) is 19.8. The maximum atomic E-state index is 13.3. The smallest absolute Gasteiger partial charge is 0.338 e. The maximum absolute atomic E-state index is 13.3. The van der Waals surface area contributed by atoms with Crippen LogP contribution >= 0.6 is 11.6 Å². The van der Waals surface area contributed by atoms with Crippen molar-refractivity contribution in [2.24, 2.45) is 4.99 Å². The molecular weight excluding hydrogens is 379 g/mol. The topological polar surface area (TPSA) is 43.6 Å². The normalized spacial score (nSPS) is 11.2. The van der Waals surface area contributed by atoms with Crippen molar-refractivity contribution in [1.29, 1.82) is 0 Å². The number of aryl methyl sites for hydroxylation is 1. The van der Waals surface area contributed by atoms with Gasteiger partial charge in [0.25, 0.3) is 0 Å². The molecular formula is C22H20ClFN2O2. The van der Waals surface area contributed by atoms with Crippen LogP contribution in [0.5, 0.6) is 0 Å². The lowest BCUT2D eigenvalue weighted by Crippen LogP contribution is -2.06. The first-order valence-electron chi connectivity index (χ1n) is 8.86. The number of hydrogen-bond acceptors (Lipinski definition) is 3. The first-order valence-corrected chi connectivity index (χ1v) is 9.24. The minimum Gasteiger partial charge on any atom is -0.462 e. The second-order valence-corrected chi connectivity index (χ2v) is 6.70. The molecule has 0 saturated carbocycles. The minimum absolute atomic E-state index is 0.0379. The highest BCUT2D eigenvalue weighted by molar-refractivity contribution is 6.31. The van der Waals surface area contributed by atoms with Gasteiger partial charge in [0.2, 0.25) is 0 Å². The molecule has 0 bridgehead atoms. The number of hydrogen-bond donors (Lipinski definition) is 0. The zero-order valence-corrected chi connectivity index (χ0v) is 16.6. The van der Waals surface area contributed by atoms with E-state index in [1.807, 2.05) is 36.6 Å². The summed E-state index contributed by atoms with van der Waals surface area (Å²) < 4.78 is 20.4. The van der Waals surface area contributed by atoms with Gasteiger partial charge >= 0.3 is 5.97 Å². The summed E-state index contributed by atoms with van der Waals surface area (Å²) in [6.45, 7) is 6.07. The van der Waals surface area contributed by atoms with Crippen molar-refractivity contribution in [3.05, 3.63) is 81.9 Å². The van der Waals surface area contributed by atoms with E-state index in [0.29, 0.717) is 17.9 Å². The van der Waals surface area contributed by atoms with Crippen LogP contribution in [0.3, 0.4) is 0 Å². The molecule has 0 fully saturated rings. The molecule has 0 saturated heterocycles. The molecule has 28 heavy (non-hydrogen) atoms. The summed E-state index contributed by atoms with van der Waals surface area (Å²) in [5, 5.41) is 0.0379. The lowest BCUT2D eigenvalue weighted by atomic mass is 10.2. The Labute approximate surface area is 168 Å². The summed E-state index contributed by atoms with van der Waals surface area (Å²) in [5.74, 6) is -0.818. The average Bonchev–Trinajstić information content (AvgIpc) is 2.96. The predicted octanol–water partition coefficient (Wildman–Crippen LogP) is 5.81. The third kappa shape index (κ3) is 4.15. The number of nitrogens with zero attached hydrogens (tertiary/aromatic N) is 2. The third-order valence-electron chi connectivity index (χ3n) is 4.34. The number of ether oxygens (including phenoxy) is 1. The van der Waals surface area contributed by atoms with Gasteiger partial charge in [-0.15, -0.1) is 0 Å². The molecule has 3 aromatic rings. The Hall–Kier alpha value is -2.92. The molecule has 144 valence electrons. The van der Waals surface area contributed by atoms with Crippen LogP contribution in [0.25, 0.3) is 5.69 Å². The molecule has 4 nitrogen and oxygen atoms in total. The van der Waals surface area contributed by atoms with Crippen molar-refractivity contribution in [3.8, 4) is 5.69 Å². The molecule has 0 spiro atoms. The van der Waals surface area contributed by atoms with Gasteiger partial charge < -0.3 is 9.30 Å². The van der Waals surface area contributed by atoms with E-state index in [1.54, 1.807) is 31.3 Å². The summed E-state index contributed by atoms with van der Waals surface area (Å²) in [4.78, 5) is 16.4.